The lowest BCUT2D eigenvalue weighted by molar-refractivity contribution is 0.507. The second-order valence-corrected chi connectivity index (χ2v) is 6.15. The van der Waals surface area contributed by atoms with E-state index in [0.29, 0.717) is 17.3 Å². The van der Waals surface area contributed by atoms with Crippen LogP contribution in [-0.4, -0.2) is 32.6 Å². The number of thioether (sulfide) groups is 1. The first-order valence-electron chi connectivity index (χ1n) is 6.74. The first-order chi connectivity index (χ1) is 8.67. The van der Waals surface area contributed by atoms with E-state index >= 15 is 0 Å². The SMILES string of the molecule is CCNC(CC)C(C)Sc1n[nH]c(=O)n1C1CC1. The Morgan fingerprint density at radius 3 is 2.83 bits per heavy atom. The molecule has 0 bridgehead atoms. The molecule has 0 aliphatic heterocycles. The van der Waals surface area contributed by atoms with Gasteiger partial charge >= 0.3 is 5.69 Å². The molecule has 0 radical (unpaired) electrons. The molecule has 0 aromatic carbocycles. The molecule has 1 heterocycles. The zero-order valence-electron chi connectivity index (χ0n) is 11.3. The number of H-pyrrole nitrogens is 1. The van der Waals surface area contributed by atoms with Gasteiger partial charge in [0, 0.05) is 17.3 Å². The van der Waals surface area contributed by atoms with Crippen molar-refractivity contribution >= 4 is 11.8 Å². The van der Waals surface area contributed by atoms with E-state index in [1.807, 2.05) is 4.57 Å². The third kappa shape index (κ3) is 2.98. The molecule has 102 valence electrons. The molecule has 1 aliphatic rings. The van der Waals surface area contributed by atoms with Gasteiger partial charge in [-0.05, 0) is 25.8 Å². The molecule has 2 atom stereocenters. The van der Waals surface area contributed by atoms with Gasteiger partial charge in [0.25, 0.3) is 0 Å². The Kier molecular flexibility index (Phi) is 4.50. The van der Waals surface area contributed by atoms with E-state index in [9.17, 15) is 4.79 Å². The van der Waals surface area contributed by atoms with Gasteiger partial charge in [0.2, 0.25) is 0 Å². The highest BCUT2D eigenvalue weighted by Crippen LogP contribution is 2.37. The fourth-order valence-electron chi connectivity index (χ4n) is 2.18. The quantitative estimate of drug-likeness (QED) is 0.741. The van der Waals surface area contributed by atoms with Crippen molar-refractivity contribution in [3.05, 3.63) is 10.5 Å². The lowest BCUT2D eigenvalue weighted by Gasteiger charge is -2.22. The normalized spacial score (nSPS) is 18.8. The third-order valence-corrected chi connectivity index (χ3v) is 4.55. The van der Waals surface area contributed by atoms with Crippen LogP contribution >= 0.6 is 11.8 Å². The summed E-state index contributed by atoms with van der Waals surface area (Å²) in [5, 5.41) is 11.4. The fourth-order valence-corrected chi connectivity index (χ4v) is 3.41. The van der Waals surface area contributed by atoms with Crippen molar-refractivity contribution in [2.45, 2.75) is 62.5 Å². The maximum absolute atomic E-state index is 11.7. The van der Waals surface area contributed by atoms with Gasteiger partial charge in [0.1, 0.15) is 0 Å². The third-order valence-electron chi connectivity index (χ3n) is 3.35. The highest BCUT2D eigenvalue weighted by Gasteiger charge is 2.29. The Morgan fingerprint density at radius 1 is 1.56 bits per heavy atom. The van der Waals surface area contributed by atoms with E-state index in [1.165, 1.54) is 0 Å². The lowest BCUT2D eigenvalue weighted by atomic mass is 10.2. The predicted octanol–water partition coefficient (Wildman–Crippen LogP) is 1.77. The van der Waals surface area contributed by atoms with Crippen molar-refractivity contribution in [2.75, 3.05) is 6.54 Å². The highest BCUT2D eigenvalue weighted by atomic mass is 32.2. The summed E-state index contributed by atoms with van der Waals surface area (Å²) in [6.07, 6.45) is 3.29. The number of hydrogen-bond acceptors (Lipinski definition) is 4. The van der Waals surface area contributed by atoms with Crippen LogP contribution in [0.1, 0.15) is 46.1 Å². The Labute approximate surface area is 112 Å². The predicted molar refractivity (Wildman–Crippen MR) is 74.2 cm³/mol. The highest BCUT2D eigenvalue weighted by molar-refractivity contribution is 7.99. The van der Waals surface area contributed by atoms with Gasteiger partial charge in [-0.25, -0.2) is 9.89 Å². The van der Waals surface area contributed by atoms with Gasteiger partial charge < -0.3 is 5.32 Å². The number of nitrogens with zero attached hydrogens (tertiary/aromatic N) is 2. The van der Waals surface area contributed by atoms with E-state index < -0.39 is 0 Å². The zero-order chi connectivity index (χ0) is 13.1. The summed E-state index contributed by atoms with van der Waals surface area (Å²) in [6, 6.07) is 0.838. The molecule has 1 aromatic heterocycles. The lowest BCUT2D eigenvalue weighted by Crippen LogP contribution is -2.36. The van der Waals surface area contributed by atoms with E-state index in [2.05, 4.69) is 36.3 Å². The summed E-state index contributed by atoms with van der Waals surface area (Å²) < 4.78 is 1.82. The summed E-state index contributed by atoms with van der Waals surface area (Å²) in [5.41, 5.74) is -0.0660. The molecule has 1 aromatic rings. The van der Waals surface area contributed by atoms with Crippen molar-refractivity contribution in [1.29, 1.82) is 0 Å². The molecule has 18 heavy (non-hydrogen) atoms. The van der Waals surface area contributed by atoms with Crippen LogP contribution in [0.5, 0.6) is 0 Å². The van der Waals surface area contributed by atoms with Crippen LogP contribution in [0.3, 0.4) is 0 Å². The monoisotopic (exact) mass is 270 g/mol. The van der Waals surface area contributed by atoms with Gasteiger partial charge in [0.05, 0.1) is 0 Å². The number of aromatic nitrogens is 3. The van der Waals surface area contributed by atoms with Gasteiger partial charge in [-0.3, -0.25) is 4.57 Å². The molecule has 1 aliphatic carbocycles. The minimum absolute atomic E-state index is 0.0660. The number of nitrogens with one attached hydrogen (secondary N) is 2. The summed E-state index contributed by atoms with van der Waals surface area (Å²) in [7, 11) is 0. The summed E-state index contributed by atoms with van der Waals surface area (Å²) in [6.45, 7) is 7.47. The topological polar surface area (TPSA) is 62.7 Å². The second-order valence-electron chi connectivity index (χ2n) is 4.81. The summed E-state index contributed by atoms with van der Waals surface area (Å²) >= 11 is 1.69. The van der Waals surface area contributed by atoms with Gasteiger partial charge in [0.15, 0.2) is 5.16 Å². The van der Waals surface area contributed by atoms with Crippen molar-refractivity contribution in [1.82, 2.24) is 20.1 Å². The van der Waals surface area contributed by atoms with Crippen LogP contribution in [0.2, 0.25) is 0 Å². The Balaban J connectivity index is 2.06. The largest absolute Gasteiger partial charge is 0.344 e. The standard InChI is InChI=1S/C12H22N4OS/c1-4-10(13-5-2)8(3)18-12-15-14-11(17)16(12)9-6-7-9/h8-10,13H,4-7H2,1-3H3,(H,14,17). The van der Waals surface area contributed by atoms with Crippen molar-refractivity contribution in [3.8, 4) is 0 Å². The molecule has 0 saturated heterocycles. The van der Waals surface area contributed by atoms with E-state index in [4.69, 9.17) is 0 Å². The van der Waals surface area contributed by atoms with Gasteiger partial charge in [-0.1, -0.05) is 32.5 Å². The van der Waals surface area contributed by atoms with E-state index in [0.717, 1.165) is 31.0 Å². The van der Waals surface area contributed by atoms with Crippen LogP contribution in [0, 0.1) is 0 Å². The maximum atomic E-state index is 11.7. The van der Waals surface area contributed by atoms with Crippen LogP contribution < -0.4 is 11.0 Å². The second kappa shape index (κ2) is 5.93. The average molecular weight is 270 g/mol. The molecule has 0 spiro atoms. The Bertz CT molecular complexity index is 438. The molecule has 1 saturated carbocycles. The minimum Gasteiger partial charge on any atom is -0.313 e. The Hall–Kier alpha value is -0.750. The van der Waals surface area contributed by atoms with Crippen LogP contribution in [0.4, 0.5) is 0 Å². The zero-order valence-corrected chi connectivity index (χ0v) is 12.1. The van der Waals surface area contributed by atoms with Crippen molar-refractivity contribution in [3.63, 3.8) is 0 Å². The van der Waals surface area contributed by atoms with Crippen LogP contribution in [0.15, 0.2) is 9.95 Å². The molecule has 6 heteroatoms. The number of aromatic amines is 1. The summed E-state index contributed by atoms with van der Waals surface area (Å²) in [5.74, 6) is 0. The first kappa shape index (κ1) is 13.7. The molecular formula is C12H22N4OS. The van der Waals surface area contributed by atoms with Crippen LogP contribution in [0.25, 0.3) is 0 Å². The van der Waals surface area contributed by atoms with E-state index in [1.54, 1.807) is 11.8 Å². The average Bonchev–Trinajstić information content (AvgIpc) is 3.12. The molecule has 5 nitrogen and oxygen atoms in total. The molecule has 0 amide bonds. The molecule has 2 unspecified atom stereocenters. The van der Waals surface area contributed by atoms with Crippen molar-refractivity contribution in [2.24, 2.45) is 0 Å². The fraction of sp³-hybridized carbons (Fsp3) is 0.833. The van der Waals surface area contributed by atoms with Gasteiger partial charge in [-0.15, -0.1) is 5.10 Å². The number of hydrogen-bond donors (Lipinski definition) is 2. The summed E-state index contributed by atoms with van der Waals surface area (Å²) in [4.78, 5) is 11.7. The molecule has 1 fully saturated rings. The smallest absolute Gasteiger partial charge is 0.313 e. The first-order valence-corrected chi connectivity index (χ1v) is 7.62. The Morgan fingerprint density at radius 2 is 2.28 bits per heavy atom. The maximum Gasteiger partial charge on any atom is 0.344 e. The molecular weight excluding hydrogens is 248 g/mol. The van der Waals surface area contributed by atoms with E-state index in [-0.39, 0.29) is 5.69 Å². The molecule has 2 rings (SSSR count). The van der Waals surface area contributed by atoms with Crippen molar-refractivity contribution < 1.29 is 0 Å². The molecule has 2 N–H and O–H groups in total. The van der Waals surface area contributed by atoms with Crippen LogP contribution in [-0.2, 0) is 0 Å². The minimum atomic E-state index is -0.0660. The van der Waals surface area contributed by atoms with Gasteiger partial charge in [-0.2, -0.15) is 0 Å². The number of rotatable bonds is 7.